The molecule has 6 heteroatoms. The molecule has 1 aliphatic carbocycles. The quantitative estimate of drug-likeness (QED) is 0.802. The molecule has 1 aliphatic heterocycles. The summed E-state index contributed by atoms with van der Waals surface area (Å²) in [6.07, 6.45) is -3.81. The number of ether oxygens (including phenoxy) is 1. The van der Waals surface area contributed by atoms with Crippen LogP contribution in [0.5, 0.6) is 0 Å². The van der Waals surface area contributed by atoms with Crippen molar-refractivity contribution in [1.29, 1.82) is 0 Å². The van der Waals surface area contributed by atoms with E-state index in [1.165, 1.54) is 0 Å². The van der Waals surface area contributed by atoms with Gasteiger partial charge in [-0.2, -0.15) is 13.2 Å². The number of halogens is 4. The summed E-state index contributed by atoms with van der Waals surface area (Å²) in [5.74, 6) is -1.39. The minimum absolute atomic E-state index is 0. The van der Waals surface area contributed by atoms with Crippen molar-refractivity contribution in [3.8, 4) is 0 Å². The predicted molar refractivity (Wildman–Crippen MR) is 52.1 cm³/mol. The molecule has 0 spiro atoms. The Hall–Kier alpha value is -0.0000000000000000555. The fraction of sp³-hybridized carbons (Fsp3) is 1.00. The Kier molecular flexibility index (Phi) is 3.58. The molecule has 0 aromatic heterocycles. The lowest BCUT2D eigenvalue weighted by Crippen LogP contribution is -2.55. The topological polar surface area (TPSA) is 21.3 Å². The van der Waals surface area contributed by atoms with Crippen molar-refractivity contribution >= 4 is 12.4 Å². The Morgan fingerprint density at radius 1 is 1.47 bits per heavy atom. The molecule has 0 radical (unpaired) electrons. The highest BCUT2D eigenvalue weighted by Crippen LogP contribution is 2.58. The zero-order chi connectivity index (χ0) is 10.4. The summed E-state index contributed by atoms with van der Waals surface area (Å²) >= 11 is 0. The van der Waals surface area contributed by atoms with Crippen LogP contribution in [0.25, 0.3) is 0 Å². The first-order valence-electron chi connectivity index (χ1n) is 4.76. The average Bonchev–Trinajstić information content (AvgIpc) is 2.30. The third-order valence-electron chi connectivity index (χ3n) is 3.59. The van der Waals surface area contributed by atoms with Crippen molar-refractivity contribution in [3.63, 3.8) is 0 Å². The number of alkyl halides is 3. The zero-order valence-corrected chi connectivity index (χ0v) is 9.25. The lowest BCUT2D eigenvalue weighted by Gasteiger charge is -2.50. The van der Waals surface area contributed by atoms with Gasteiger partial charge in [0, 0.05) is 19.1 Å². The smallest absolute Gasteiger partial charge is 0.384 e. The van der Waals surface area contributed by atoms with Crippen LogP contribution < -0.4 is 5.32 Å². The molecule has 2 fully saturated rings. The fourth-order valence-electron chi connectivity index (χ4n) is 2.88. The van der Waals surface area contributed by atoms with Crippen LogP contribution in [0.1, 0.15) is 6.42 Å². The van der Waals surface area contributed by atoms with Gasteiger partial charge in [0.1, 0.15) is 0 Å². The van der Waals surface area contributed by atoms with Crippen LogP contribution >= 0.6 is 12.4 Å². The van der Waals surface area contributed by atoms with Crippen LogP contribution in [0.2, 0.25) is 0 Å². The lowest BCUT2D eigenvalue weighted by atomic mass is 9.55. The van der Waals surface area contributed by atoms with Crippen LogP contribution in [0.4, 0.5) is 13.2 Å². The second-order valence-corrected chi connectivity index (χ2v) is 4.39. The number of fused-ring (bicyclic) bond motifs is 1. The summed E-state index contributed by atoms with van der Waals surface area (Å²) in [5, 5.41) is 3.03. The van der Waals surface area contributed by atoms with Crippen LogP contribution in [-0.2, 0) is 4.74 Å². The van der Waals surface area contributed by atoms with E-state index in [0.29, 0.717) is 19.7 Å². The molecule has 0 bridgehead atoms. The van der Waals surface area contributed by atoms with Crippen molar-refractivity contribution in [1.82, 2.24) is 5.32 Å². The standard InChI is InChI=1S/C9H14F3NO.ClH/c1-14-5-8-2-6(9(10,11)12)7(8)3-13-4-8;/h6-7,13H,2-5H2,1H3;1H/t6-,7+,8+;/m0./s1. The Morgan fingerprint density at radius 2 is 2.13 bits per heavy atom. The molecule has 1 saturated carbocycles. The minimum atomic E-state index is -4.03. The van der Waals surface area contributed by atoms with Gasteiger partial charge in [-0.05, 0) is 18.9 Å². The first kappa shape index (κ1) is 13.1. The van der Waals surface area contributed by atoms with Gasteiger partial charge in [-0.1, -0.05) is 0 Å². The molecule has 2 aliphatic rings. The Balaban J connectivity index is 0.00000112. The second-order valence-electron chi connectivity index (χ2n) is 4.39. The summed E-state index contributed by atoms with van der Waals surface area (Å²) < 4.78 is 42.4. The van der Waals surface area contributed by atoms with E-state index in [2.05, 4.69) is 5.32 Å². The SMILES string of the molecule is COC[C@@]12CNC[C@@H]1[C@@H](C(F)(F)F)C2.Cl. The van der Waals surface area contributed by atoms with Crippen LogP contribution in [0.15, 0.2) is 0 Å². The third-order valence-corrected chi connectivity index (χ3v) is 3.59. The number of hydrogen-bond donors (Lipinski definition) is 1. The molecule has 90 valence electrons. The largest absolute Gasteiger partial charge is 0.392 e. The number of nitrogens with one attached hydrogen (secondary N) is 1. The molecule has 0 unspecified atom stereocenters. The maximum absolute atomic E-state index is 12.5. The molecule has 0 aromatic rings. The average molecular weight is 246 g/mol. The molecule has 15 heavy (non-hydrogen) atoms. The van der Waals surface area contributed by atoms with Gasteiger partial charge in [0.2, 0.25) is 0 Å². The highest BCUT2D eigenvalue weighted by Gasteiger charge is 2.64. The molecule has 1 heterocycles. The first-order chi connectivity index (χ1) is 6.49. The first-order valence-corrected chi connectivity index (χ1v) is 4.76. The van der Waals surface area contributed by atoms with Gasteiger partial charge in [0.25, 0.3) is 0 Å². The normalized spacial score (nSPS) is 39.2. The number of hydrogen-bond acceptors (Lipinski definition) is 2. The highest BCUT2D eigenvalue weighted by atomic mass is 35.5. The van der Waals surface area contributed by atoms with E-state index >= 15 is 0 Å². The molecule has 3 atom stereocenters. The molecular formula is C9H15ClF3NO. The predicted octanol–water partition coefficient (Wildman–Crippen LogP) is 1.84. The third kappa shape index (κ3) is 1.97. The molecule has 1 saturated heterocycles. The summed E-state index contributed by atoms with van der Waals surface area (Å²) in [4.78, 5) is 0. The summed E-state index contributed by atoms with van der Waals surface area (Å²) in [7, 11) is 1.55. The summed E-state index contributed by atoms with van der Waals surface area (Å²) in [6.45, 7) is 1.59. The van der Waals surface area contributed by atoms with Crippen molar-refractivity contribution in [3.05, 3.63) is 0 Å². The van der Waals surface area contributed by atoms with E-state index in [4.69, 9.17) is 4.74 Å². The van der Waals surface area contributed by atoms with Crippen molar-refractivity contribution in [2.75, 3.05) is 26.8 Å². The minimum Gasteiger partial charge on any atom is -0.384 e. The molecule has 1 N–H and O–H groups in total. The highest BCUT2D eigenvalue weighted by molar-refractivity contribution is 5.85. The lowest BCUT2D eigenvalue weighted by molar-refractivity contribution is -0.247. The molecular weight excluding hydrogens is 231 g/mol. The molecule has 0 aromatic carbocycles. The van der Waals surface area contributed by atoms with E-state index in [1.807, 2.05) is 0 Å². The monoisotopic (exact) mass is 245 g/mol. The zero-order valence-electron chi connectivity index (χ0n) is 8.43. The van der Waals surface area contributed by atoms with Gasteiger partial charge < -0.3 is 10.1 Å². The fourth-order valence-corrected chi connectivity index (χ4v) is 2.88. The van der Waals surface area contributed by atoms with Crippen molar-refractivity contribution in [2.24, 2.45) is 17.3 Å². The van der Waals surface area contributed by atoms with Gasteiger partial charge in [0.15, 0.2) is 0 Å². The van der Waals surface area contributed by atoms with Gasteiger partial charge >= 0.3 is 6.18 Å². The van der Waals surface area contributed by atoms with E-state index in [1.54, 1.807) is 7.11 Å². The summed E-state index contributed by atoms with van der Waals surface area (Å²) in [5.41, 5.74) is -0.241. The van der Waals surface area contributed by atoms with Crippen LogP contribution in [0.3, 0.4) is 0 Å². The maximum atomic E-state index is 12.5. The van der Waals surface area contributed by atoms with Gasteiger partial charge in [-0.3, -0.25) is 0 Å². The van der Waals surface area contributed by atoms with Gasteiger partial charge in [0.05, 0.1) is 12.5 Å². The van der Waals surface area contributed by atoms with Gasteiger partial charge in [-0.25, -0.2) is 0 Å². The number of methoxy groups -OCH3 is 1. The molecule has 2 rings (SSSR count). The Morgan fingerprint density at radius 3 is 2.67 bits per heavy atom. The maximum Gasteiger partial charge on any atom is 0.392 e. The van der Waals surface area contributed by atoms with Gasteiger partial charge in [-0.15, -0.1) is 12.4 Å². The van der Waals surface area contributed by atoms with E-state index in [0.717, 1.165) is 0 Å². The van der Waals surface area contributed by atoms with Crippen molar-refractivity contribution in [2.45, 2.75) is 12.6 Å². The number of rotatable bonds is 2. The molecule has 0 amide bonds. The van der Waals surface area contributed by atoms with Crippen molar-refractivity contribution < 1.29 is 17.9 Å². The van der Waals surface area contributed by atoms with Crippen LogP contribution in [-0.4, -0.2) is 33.0 Å². The second kappa shape index (κ2) is 4.11. The van der Waals surface area contributed by atoms with E-state index in [-0.39, 0.29) is 30.2 Å². The van der Waals surface area contributed by atoms with E-state index < -0.39 is 12.1 Å². The Bertz CT molecular complexity index is 236. The van der Waals surface area contributed by atoms with E-state index in [9.17, 15) is 13.2 Å². The molecule has 2 nitrogen and oxygen atoms in total. The van der Waals surface area contributed by atoms with Crippen LogP contribution in [0, 0.1) is 17.3 Å². The Labute approximate surface area is 93.0 Å². The summed E-state index contributed by atoms with van der Waals surface area (Å²) in [6, 6.07) is 0.